The molecule has 0 bridgehead atoms. The Balaban J connectivity index is 3.16. The molecule has 4 nitrogen and oxygen atoms in total. The Morgan fingerprint density at radius 3 is 2.76 bits per heavy atom. The number of rotatable bonds is 4. The SMILES string of the molecule is COC(=O)Cc1cnc(C(F)F)c(O)c1CBr. The molecule has 0 aliphatic carbocycles. The van der Waals surface area contributed by atoms with Crippen molar-refractivity contribution in [1.82, 2.24) is 4.98 Å². The van der Waals surface area contributed by atoms with Crippen LogP contribution in [0.15, 0.2) is 6.20 Å². The Bertz CT molecular complexity index is 426. The zero-order valence-corrected chi connectivity index (χ0v) is 10.5. The van der Waals surface area contributed by atoms with E-state index in [0.717, 1.165) is 6.20 Å². The minimum Gasteiger partial charge on any atom is -0.505 e. The summed E-state index contributed by atoms with van der Waals surface area (Å²) >= 11 is 3.07. The van der Waals surface area contributed by atoms with Gasteiger partial charge in [0.05, 0.1) is 13.5 Å². The molecule has 7 heteroatoms. The summed E-state index contributed by atoms with van der Waals surface area (Å²) in [5, 5.41) is 9.75. The maximum Gasteiger partial charge on any atom is 0.310 e. The number of nitrogens with zero attached hydrogens (tertiary/aromatic N) is 1. The largest absolute Gasteiger partial charge is 0.505 e. The molecule has 0 saturated heterocycles. The Morgan fingerprint density at radius 2 is 2.29 bits per heavy atom. The van der Waals surface area contributed by atoms with Crippen LogP contribution in [-0.2, 0) is 21.3 Å². The molecule has 1 N–H and O–H groups in total. The van der Waals surface area contributed by atoms with Gasteiger partial charge in [-0.3, -0.25) is 9.78 Å². The first-order chi connectivity index (χ1) is 8.01. The second-order valence-electron chi connectivity index (χ2n) is 3.18. The summed E-state index contributed by atoms with van der Waals surface area (Å²) in [6.45, 7) is 0. The van der Waals surface area contributed by atoms with Crippen molar-refractivity contribution in [3.05, 3.63) is 23.0 Å². The summed E-state index contributed by atoms with van der Waals surface area (Å²) < 4.78 is 29.4. The molecule has 0 saturated carbocycles. The lowest BCUT2D eigenvalue weighted by Crippen LogP contribution is -2.08. The maximum absolute atomic E-state index is 12.5. The molecule has 0 aliphatic rings. The summed E-state index contributed by atoms with van der Waals surface area (Å²) in [4.78, 5) is 14.5. The lowest BCUT2D eigenvalue weighted by Gasteiger charge is -2.11. The van der Waals surface area contributed by atoms with E-state index in [4.69, 9.17) is 0 Å². The molecular weight excluding hydrogens is 300 g/mol. The molecule has 0 amide bonds. The van der Waals surface area contributed by atoms with Crippen molar-refractivity contribution in [2.24, 2.45) is 0 Å². The molecule has 1 aromatic rings. The number of carbonyl (C=O) groups is 1. The number of aromatic hydroxyl groups is 1. The second-order valence-corrected chi connectivity index (χ2v) is 3.74. The number of alkyl halides is 3. The third-order valence-corrected chi connectivity index (χ3v) is 2.74. The molecule has 17 heavy (non-hydrogen) atoms. The number of hydrogen-bond acceptors (Lipinski definition) is 4. The molecule has 0 unspecified atom stereocenters. The molecular formula is C10H10BrF2NO3. The van der Waals surface area contributed by atoms with Crippen molar-refractivity contribution >= 4 is 21.9 Å². The molecule has 1 aromatic heterocycles. The first-order valence-corrected chi connectivity index (χ1v) is 5.74. The molecule has 0 atom stereocenters. The Kier molecular flexibility index (Phi) is 4.80. The van der Waals surface area contributed by atoms with Crippen LogP contribution in [0.1, 0.15) is 23.2 Å². The van der Waals surface area contributed by atoms with E-state index in [1.165, 1.54) is 7.11 Å². The van der Waals surface area contributed by atoms with Gasteiger partial charge in [0, 0.05) is 17.1 Å². The normalized spacial score (nSPS) is 10.6. The summed E-state index contributed by atoms with van der Waals surface area (Å²) in [5.74, 6) is -1.11. The van der Waals surface area contributed by atoms with Gasteiger partial charge in [-0.1, -0.05) is 15.9 Å². The van der Waals surface area contributed by atoms with Gasteiger partial charge in [-0.15, -0.1) is 0 Å². The fraction of sp³-hybridized carbons (Fsp3) is 0.400. The average molecular weight is 310 g/mol. The van der Waals surface area contributed by atoms with Crippen molar-refractivity contribution in [2.45, 2.75) is 18.2 Å². The summed E-state index contributed by atoms with van der Waals surface area (Å²) in [5.41, 5.74) is -0.107. The highest BCUT2D eigenvalue weighted by Gasteiger charge is 2.21. The summed E-state index contributed by atoms with van der Waals surface area (Å²) in [6, 6.07) is 0. The van der Waals surface area contributed by atoms with Crippen molar-refractivity contribution in [3.8, 4) is 5.75 Å². The van der Waals surface area contributed by atoms with Crippen molar-refractivity contribution in [2.75, 3.05) is 7.11 Å². The third-order valence-electron chi connectivity index (χ3n) is 2.18. The molecule has 0 aromatic carbocycles. The molecule has 0 spiro atoms. The number of pyridine rings is 1. The van der Waals surface area contributed by atoms with Crippen molar-refractivity contribution in [3.63, 3.8) is 0 Å². The highest BCUT2D eigenvalue weighted by Crippen LogP contribution is 2.32. The van der Waals surface area contributed by atoms with Crippen LogP contribution >= 0.6 is 15.9 Å². The van der Waals surface area contributed by atoms with Gasteiger partial charge in [0.2, 0.25) is 0 Å². The standard InChI is InChI=1S/C10H10BrF2NO3/c1-17-7(15)2-5-4-14-8(10(12)13)9(16)6(5)3-11/h4,10,16H,2-3H2,1H3. The molecule has 1 rings (SSSR count). The van der Waals surface area contributed by atoms with E-state index in [0.29, 0.717) is 5.56 Å². The van der Waals surface area contributed by atoms with Crippen LogP contribution in [0.2, 0.25) is 0 Å². The first-order valence-electron chi connectivity index (χ1n) is 4.61. The fourth-order valence-electron chi connectivity index (χ4n) is 1.28. The van der Waals surface area contributed by atoms with Crippen molar-refractivity contribution < 1.29 is 23.4 Å². The smallest absolute Gasteiger partial charge is 0.310 e. The maximum atomic E-state index is 12.5. The molecule has 0 aliphatic heterocycles. The van der Waals surface area contributed by atoms with Gasteiger partial charge in [-0.2, -0.15) is 0 Å². The Hall–Kier alpha value is -1.24. The van der Waals surface area contributed by atoms with Crippen LogP contribution in [0, 0.1) is 0 Å². The van der Waals surface area contributed by atoms with Crippen LogP contribution in [0.3, 0.4) is 0 Å². The van der Waals surface area contributed by atoms with Gasteiger partial charge in [0.1, 0.15) is 11.4 Å². The van der Waals surface area contributed by atoms with E-state index in [1.54, 1.807) is 0 Å². The lowest BCUT2D eigenvalue weighted by atomic mass is 10.1. The second kappa shape index (κ2) is 5.90. The fourth-order valence-corrected chi connectivity index (χ4v) is 1.91. The Labute approximate surface area is 105 Å². The van der Waals surface area contributed by atoms with E-state index in [9.17, 15) is 18.7 Å². The van der Waals surface area contributed by atoms with E-state index in [-0.39, 0.29) is 17.3 Å². The predicted molar refractivity (Wildman–Crippen MR) is 59.2 cm³/mol. The van der Waals surface area contributed by atoms with Crippen LogP contribution in [0.25, 0.3) is 0 Å². The van der Waals surface area contributed by atoms with E-state index in [2.05, 4.69) is 25.7 Å². The number of ether oxygens (including phenoxy) is 1. The van der Waals surface area contributed by atoms with Crippen LogP contribution in [0.4, 0.5) is 8.78 Å². The van der Waals surface area contributed by atoms with Crippen molar-refractivity contribution in [1.29, 1.82) is 0 Å². The van der Waals surface area contributed by atoms with Gasteiger partial charge in [-0.05, 0) is 5.56 Å². The third kappa shape index (κ3) is 3.12. The molecule has 94 valence electrons. The predicted octanol–water partition coefficient (Wildman–Crippen LogP) is 2.34. The number of esters is 1. The molecule has 0 radical (unpaired) electrons. The number of aromatic nitrogens is 1. The number of hydrogen-bond donors (Lipinski definition) is 1. The number of methoxy groups -OCH3 is 1. The highest BCUT2D eigenvalue weighted by atomic mass is 79.9. The van der Waals surface area contributed by atoms with Gasteiger partial charge < -0.3 is 9.84 Å². The first kappa shape index (κ1) is 13.8. The quantitative estimate of drug-likeness (QED) is 0.685. The van der Waals surface area contributed by atoms with Gasteiger partial charge in [-0.25, -0.2) is 8.78 Å². The zero-order chi connectivity index (χ0) is 13.0. The minimum absolute atomic E-state index is 0.124. The Morgan fingerprint density at radius 1 is 1.65 bits per heavy atom. The number of halogens is 3. The summed E-state index contributed by atoms with van der Waals surface area (Å²) in [7, 11) is 1.22. The zero-order valence-electron chi connectivity index (χ0n) is 8.91. The topological polar surface area (TPSA) is 59.4 Å². The van der Waals surface area contributed by atoms with E-state index in [1.807, 2.05) is 0 Å². The monoisotopic (exact) mass is 309 g/mol. The van der Waals surface area contributed by atoms with Crippen LogP contribution < -0.4 is 0 Å². The highest BCUT2D eigenvalue weighted by molar-refractivity contribution is 9.08. The van der Waals surface area contributed by atoms with Crippen LogP contribution in [-0.4, -0.2) is 23.2 Å². The molecule has 0 fully saturated rings. The van der Waals surface area contributed by atoms with Gasteiger partial charge in [0.25, 0.3) is 6.43 Å². The van der Waals surface area contributed by atoms with Gasteiger partial charge >= 0.3 is 5.97 Å². The minimum atomic E-state index is -2.86. The summed E-state index contributed by atoms with van der Waals surface area (Å²) in [6.07, 6.45) is -1.84. The number of carbonyl (C=O) groups excluding carboxylic acids is 1. The van der Waals surface area contributed by atoms with E-state index < -0.39 is 23.8 Å². The van der Waals surface area contributed by atoms with E-state index >= 15 is 0 Å². The molecule has 1 heterocycles. The van der Waals surface area contributed by atoms with Crippen LogP contribution in [0.5, 0.6) is 5.75 Å². The lowest BCUT2D eigenvalue weighted by molar-refractivity contribution is -0.139. The average Bonchev–Trinajstić information content (AvgIpc) is 2.28. The van der Waals surface area contributed by atoms with Gasteiger partial charge in [0.15, 0.2) is 0 Å².